The molecular formula is C17H21Cl2NO3. The third-order valence-corrected chi connectivity index (χ3v) is 4.79. The van der Waals surface area contributed by atoms with Crippen molar-refractivity contribution in [3.8, 4) is 0 Å². The first kappa shape index (κ1) is 18.1. The first-order chi connectivity index (χ1) is 10.9. The van der Waals surface area contributed by atoms with E-state index in [2.05, 4.69) is 12.2 Å². The molecule has 0 unspecified atom stereocenters. The lowest BCUT2D eigenvalue weighted by molar-refractivity contribution is -0.130. The maximum atomic E-state index is 12.2. The number of nitrogens with one attached hydrogen (secondary N) is 1. The van der Waals surface area contributed by atoms with Crippen LogP contribution in [0.3, 0.4) is 0 Å². The molecule has 0 radical (unpaired) electrons. The van der Waals surface area contributed by atoms with Crippen LogP contribution >= 0.6 is 23.2 Å². The molecule has 0 saturated heterocycles. The molecule has 0 spiro atoms. The minimum atomic E-state index is -0.872. The summed E-state index contributed by atoms with van der Waals surface area (Å²) in [4.78, 5) is 24.3. The van der Waals surface area contributed by atoms with E-state index >= 15 is 0 Å². The fraction of sp³-hybridized carbons (Fsp3) is 0.529. The number of hydrogen-bond acceptors (Lipinski definition) is 3. The Morgan fingerprint density at radius 2 is 1.96 bits per heavy atom. The Balaban J connectivity index is 1.93. The summed E-state index contributed by atoms with van der Waals surface area (Å²) >= 11 is 11.8. The van der Waals surface area contributed by atoms with Crippen LogP contribution in [0, 0.1) is 5.92 Å². The van der Waals surface area contributed by atoms with Crippen LogP contribution in [0.2, 0.25) is 10.0 Å². The van der Waals surface area contributed by atoms with E-state index in [0.29, 0.717) is 10.9 Å². The number of benzene rings is 1. The van der Waals surface area contributed by atoms with Crippen LogP contribution in [0.15, 0.2) is 18.2 Å². The van der Waals surface area contributed by atoms with Gasteiger partial charge in [-0.2, -0.15) is 0 Å². The number of esters is 1. The fourth-order valence-electron chi connectivity index (χ4n) is 2.76. The number of carbonyl (C=O) groups is 2. The van der Waals surface area contributed by atoms with Crippen LogP contribution < -0.4 is 5.32 Å². The number of rotatable bonds is 4. The number of hydrogen-bond donors (Lipinski definition) is 1. The lowest BCUT2D eigenvalue weighted by Crippen LogP contribution is -2.46. The molecule has 1 aromatic rings. The highest BCUT2D eigenvalue weighted by atomic mass is 35.5. The summed E-state index contributed by atoms with van der Waals surface area (Å²) < 4.78 is 5.22. The predicted molar refractivity (Wildman–Crippen MR) is 90.9 cm³/mol. The van der Waals surface area contributed by atoms with E-state index in [1.165, 1.54) is 18.6 Å². The lowest BCUT2D eigenvalue weighted by atomic mass is 9.86. The van der Waals surface area contributed by atoms with E-state index in [4.69, 9.17) is 27.9 Å². The van der Waals surface area contributed by atoms with E-state index in [-0.39, 0.29) is 22.5 Å². The quantitative estimate of drug-likeness (QED) is 0.820. The van der Waals surface area contributed by atoms with Crippen molar-refractivity contribution in [2.45, 2.75) is 51.7 Å². The molecule has 1 aliphatic rings. The third kappa shape index (κ3) is 4.85. The summed E-state index contributed by atoms with van der Waals surface area (Å²) in [5.74, 6) is -0.463. The summed E-state index contributed by atoms with van der Waals surface area (Å²) in [5.41, 5.74) is 0.196. The molecule has 0 aliphatic heterocycles. The topological polar surface area (TPSA) is 55.4 Å². The van der Waals surface area contributed by atoms with Gasteiger partial charge in [-0.05, 0) is 43.9 Å². The number of carbonyl (C=O) groups excluding carboxylic acids is 2. The smallest absolute Gasteiger partial charge is 0.340 e. The number of halogens is 2. The van der Waals surface area contributed by atoms with Gasteiger partial charge < -0.3 is 10.1 Å². The molecule has 1 fully saturated rings. The standard InChI is InChI=1S/C17H21Cl2NO3/c1-10-5-3-4-6-15(10)20-16(21)11(2)23-17(22)13-8-7-12(18)9-14(13)19/h7-11,15H,3-6H2,1-2H3,(H,20,21)/t10-,11-,15-/m1/s1. The zero-order valence-electron chi connectivity index (χ0n) is 13.3. The van der Waals surface area contributed by atoms with Crippen molar-refractivity contribution < 1.29 is 14.3 Å². The summed E-state index contributed by atoms with van der Waals surface area (Å²) in [6.07, 6.45) is 3.52. The Morgan fingerprint density at radius 3 is 2.61 bits per heavy atom. The Kier molecular flexibility index (Phi) is 6.31. The number of amides is 1. The van der Waals surface area contributed by atoms with Crippen molar-refractivity contribution in [3.05, 3.63) is 33.8 Å². The third-order valence-electron chi connectivity index (χ3n) is 4.24. The second kappa shape index (κ2) is 8.02. The SMILES string of the molecule is C[C@@H]1CCCC[C@H]1NC(=O)[C@@H](C)OC(=O)c1ccc(Cl)cc1Cl. The fourth-order valence-corrected chi connectivity index (χ4v) is 3.25. The zero-order chi connectivity index (χ0) is 17.0. The van der Waals surface area contributed by atoms with Crippen molar-refractivity contribution in [2.75, 3.05) is 0 Å². The largest absolute Gasteiger partial charge is 0.449 e. The van der Waals surface area contributed by atoms with E-state index in [0.717, 1.165) is 19.3 Å². The van der Waals surface area contributed by atoms with E-state index in [9.17, 15) is 9.59 Å². The summed E-state index contributed by atoms with van der Waals surface area (Å²) in [7, 11) is 0. The molecule has 1 amide bonds. The molecule has 6 heteroatoms. The number of ether oxygens (including phenoxy) is 1. The van der Waals surface area contributed by atoms with Gasteiger partial charge >= 0.3 is 5.97 Å². The molecule has 1 aliphatic carbocycles. The van der Waals surface area contributed by atoms with Gasteiger partial charge in [0.15, 0.2) is 6.10 Å². The second-order valence-corrected chi connectivity index (χ2v) is 6.89. The van der Waals surface area contributed by atoms with Crippen LogP contribution in [0.5, 0.6) is 0 Å². The average molecular weight is 358 g/mol. The van der Waals surface area contributed by atoms with E-state index in [1.54, 1.807) is 13.0 Å². The molecule has 0 aromatic heterocycles. The van der Waals surface area contributed by atoms with Crippen molar-refractivity contribution in [3.63, 3.8) is 0 Å². The van der Waals surface area contributed by atoms with Gasteiger partial charge in [-0.3, -0.25) is 4.79 Å². The van der Waals surface area contributed by atoms with Gasteiger partial charge in [0.25, 0.3) is 5.91 Å². The van der Waals surface area contributed by atoms with Crippen molar-refractivity contribution in [1.82, 2.24) is 5.32 Å². The van der Waals surface area contributed by atoms with Gasteiger partial charge in [-0.1, -0.05) is 43.0 Å². The predicted octanol–water partition coefficient (Wildman–Crippen LogP) is 4.23. The van der Waals surface area contributed by atoms with Crippen LogP contribution in [-0.4, -0.2) is 24.0 Å². The summed E-state index contributed by atoms with van der Waals surface area (Å²) in [5, 5.41) is 3.62. The molecule has 23 heavy (non-hydrogen) atoms. The first-order valence-electron chi connectivity index (χ1n) is 7.85. The Morgan fingerprint density at radius 1 is 1.26 bits per heavy atom. The highest BCUT2D eigenvalue weighted by molar-refractivity contribution is 6.36. The van der Waals surface area contributed by atoms with Crippen LogP contribution in [-0.2, 0) is 9.53 Å². The van der Waals surface area contributed by atoms with Gasteiger partial charge in [0.2, 0.25) is 0 Å². The highest BCUT2D eigenvalue weighted by Crippen LogP contribution is 2.24. The Labute approximate surface area is 146 Å². The van der Waals surface area contributed by atoms with E-state index < -0.39 is 12.1 Å². The normalized spacial score (nSPS) is 22.3. The minimum Gasteiger partial charge on any atom is -0.449 e. The van der Waals surface area contributed by atoms with Crippen molar-refractivity contribution >= 4 is 35.1 Å². The zero-order valence-corrected chi connectivity index (χ0v) is 14.8. The van der Waals surface area contributed by atoms with E-state index in [1.807, 2.05) is 0 Å². The summed E-state index contributed by atoms with van der Waals surface area (Å²) in [6.45, 7) is 3.69. The maximum absolute atomic E-state index is 12.2. The Bertz CT molecular complexity index is 591. The monoisotopic (exact) mass is 357 g/mol. The Hall–Kier alpha value is -1.26. The molecule has 126 valence electrons. The molecular weight excluding hydrogens is 337 g/mol. The molecule has 1 N–H and O–H groups in total. The molecule has 0 heterocycles. The summed E-state index contributed by atoms with van der Waals surface area (Å²) in [6, 6.07) is 4.66. The molecule has 0 bridgehead atoms. The van der Waals surface area contributed by atoms with Crippen LogP contribution in [0.25, 0.3) is 0 Å². The van der Waals surface area contributed by atoms with Gasteiger partial charge in [-0.15, -0.1) is 0 Å². The first-order valence-corrected chi connectivity index (χ1v) is 8.60. The molecule has 1 saturated carbocycles. The van der Waals surface area contributed by atoms with Crippen molar-refractivity contribution in [2.24, 2.45) is 5.92 Å². The lowest BCUT2D eigenvalue weighted by Gasteiger charge is -2.30. The van der Waals surface area contributed by atoms with Gasteiger partial charge in [-0.25, -0.2) is 4.79 Å². The average Bonchev–Trinajstić information content (AvgIpc) is 2.49. The molecule has 1 aromatic carbocycles. The van der Waals surface area contributed by atoms with Crippen molar-refractivity contribution in [1.29, 1.82) is 0 Å². The van der Waals surface area contributed by atoms with Gasteiger partial charge in [0.05, 0.1) is 10.6 Å². The molecule has 2 rings (SSSR count). The molecule has 3 atom stereocenters. The van der Waals surface area contributed by atoms with Gasteiger partial charge in [0.1, 0.15) is 0 Å². The molecule has 4 nitrogen and oxygen atoms in total. The minimum absolute atomic E-state index is 0.150. The maximum Gasteiger partial charge on any atom is 0.340 e. The van der Waals surface area contributed by atoms with Crippen LogP contribution in [0.4, 0.5) is 0 Å². The highest BCUT2D eigenvalue weighted by Gasteiger charge is 2.26. The van der Waals surface area contributed by atoms with Gasteiger partial charge in [0, 0.05) is 11.1 Å². The second-order valence-electron chi connectivity index (χ2n) is 6.05. The van der Waals surface area contributed by atoms with Crippen LogP contribution in [0.1, 0.15) is 49.9 Å².